The molecule has 3 aromatic rings. The summed E-state index contributed by atoms with van der Waals surface area (Å²) >= 11 is 0. The lowest BCUT2D eigenvalue weighted by Gasteiger charge is -2.39. The van der Waals surface area contributed by atoms with Gasteiger partial charge in [0.2, 0.25) is 0 Å². The second kappa shape index (κ2) is 14.5. The monoisotopic (exact) mass is 642 g/mol. The summed E-state index contributed by atoms with van der Waals surface area (Å²) in [7, 11) is 3.11. The fourth-order valence-corrected chi connectivity index (χ4v) is 6.43. The number of piperazine rings is 1. The van der Waals surface area contributed by atoms with Crippen molar-refractivity contribution in [2.45, 2.75) is 58.2 Å². The van der Waals surface area contributed by atoms with Crippen LogP contribution in [0.3, 0.4) is 0 Å². The smallest absolute Gasteiger partial charge is 0.407 e. The summed E-state index contributed by atoms with van der Waals surface area (Å²) in [6.07, 6.45) is 0.408. The Kier molecular flexibility index (Phi) is 10.4. The number of nitrogens with zero attached hydrogens (tertiary/aromatic N) is 3. The van der Waals surface area contributed by atoms with Crippen LogP contribution in [0.1, 0.15) is 84.5 Å². The minimum atomic E-state index is -0.614. The number of amides is 3. The molecular formula is C37H46N4O6. The van der Waals surface area contributed by atoms with Crippen molar-refractivity contribution in [2.24, 2.45) is 0 Å². The molecule has 1 saturated heterocycles. The molecule has 2 atom stereocenters. The fraction of sp³-hybridized carbons (Fsp3) is 0.432. The molecule has 47 heavy (non-hydrogen) atoms. The lowest BCUT2D eigenvalue weighted by atomic mass is 9.99. The average Bonchev–Trinajstić information content (AvgIpc) is 3.32. The maximum absolute atomic E-state index is 14.3. The number of carbonyl (C=O) groups is 3. The lowest BCUT2D eigenvalue weighted by molar-refractivity contribution is 0.0510. The highest BCUT2D eigenvalue weighted by molar-refractivity contribution is 6.24. The van der Waals surface area contributed by atoms with Crippen LogP contribution in [-0.4, -0.2) is 80.3 Å². The van der Waals surface area contributed by atoms with Gasteiger partial charge < -0.3 is 24.4 Å². The van der Waals surface area contributed by atoms with E-state index in [0.29, 0.717) is 42.0 Å². The largest absolute Gasteiger partial charge is 0.493 e. The van der Waals surface area contributed by atoms with Gasteiger partial charge in [-0.05, 0) is 75.9 Å². The Labute approximate surface area is 277 Å². The van der Waals surface area contributed by atoms with E-state index in [0.717, 1.165) is 37.4 Å². The van der Waals surface area contributed by atoms with Gasteiger partial charge in [0.25, 0.3) is 11.8 Å². The summed E-state index contributed by atoms with van der Waals surface area (Å²) in [6, 6.07) is 21.1. The van der Waals surface area contributed by atoms with Gasteiger partial charge in [-0.2, -0.15) is 0 Å². The van der Waals surface area contributed by atoms with E-state index in [1.54, 1.807) is 47.1 Å². The van der Waals surface area contributed by atoms with E-state index in [4.69, 9.17) is 14.2 Å². The molecule has 0 aromatic heterocycles. The molecule has 2 aliphatic heterocycles. The molecule has 10 nitrogen and oxygen atoms in total. The normalized spacial score (nSPS) is 16.5. The third-order valence-corrected chi connectivity index (χ3v) is 8.84. The number of nitrogens with one attached hydrogen (secondary N) is 1. The number of carbonyl (C=O) groups excluding carboxylic acids is 3. The molecule has 0 unspecified atom stereocenters. The summed E-state index contributed by atoms with van der Waals surface area (Å²) in [5, 5.41) is 2.79. The van der Waals surface area contributed by atoms with Gasteiger partial charge in [0.1, 0.15) is 5.60 Å². The summed E-state index contributed by atoms with van der Waals surface area (Å²) in [4.78, 5) is 46.7. The second-order valence-corrected chi connectivity index (χ2v) is 13.0. The van der Waals surface area contributed by atoms with Crippen molar-refractivity contribution in [1.82, 2.24) is 15.1 Å². The van der Waals surface area contributed by atoms with Gasteiger partial charge in [-0.25, -0.2) is 4.79 Å². The Morgan fingerprint density at radius 1 is 0.851 bits per heavy atom. The summed E-state index contributed by atoms with van der Waals surface area (Å²) < 4.78 is 16.4. The number of hydrogen-bond acceptors (Lipinski definition) is 8. The predicted molar refractivity (Wildman–Crippen MR) is 181 cm³/mol. The molecule has 1 N–H and O–H groups in total. The number of hydrogen-bond donors (Lipinski definition) is 1. The summed E-state index contributed by atoms with van der Waals surface area (Å²) in [6.45, 7) is 11.1. The Morgan fingerprint density at radius 2 is 1.55 bits per heavy atom. The van der Waals surface area contributed by atoms with Crippen molar-refractivity contribution in [1.29, 1.82) is 0 Å². The quantitative estimate of drug-likeness (QED) is 0.194. The summed E-state index contributed by atoms with van der Waals surface area (Å²) in [5.41, 5.74) is 3.04. The zero-order valence-corrected chi connectivity index (χ0v) is 28.2. The van der Waals surface area contributed by atoms with Crippen LogP contribution in [0.15, 0.2) is 66.7 Å². The first-order valence-corrected chi connectivity index (χ1v) is 16.3. The van der Waals surface area contributed by atoms with Gasteiger partial charge in [0.05, 0.1) is 37.1 Å². The van der Waals surface area contributed by atoms with Crippen molar-refractivity contribution >= 4 is 23.6 Å². The molecule has 3 amide bonds. The number of anilines is 1. The maximum atomic E-state index is 14.3. The van der Waals surface area contributed by atoms with Gasteiger partial charge in [-0.15, -0.1) is 0 Å². The first-order valence-electron chi connectivity index (χ1n) is 16.3. The molecule has 0 aliphatic carbocycles. The highest BCUT2D eigenvalue weighted by Gasteiger charge is 2.43. The number of rotatable bonds is 11. The van der Waals surface area contributed by atoms with Crippen LogP contribution in [0.4, 0.5) is 10.5 Å². The molecule has 3 aromatic carbocycles. The standard InChI is InChI=1S/C37H46N4O6/c1-25(26-12-8-7-9-13-26)39-20-22-40(23-21-39)30-15-10-14-28-33(30)35(43)41(34(28)42)29(16-11-19-38-36(44)47-37(2,3)4)27-17-18-31(45-5)32(24-27)46-6/h7-10,12-15,17-18,24-25,29H,11,16,19-23H2,1-6H3,(H,38,44)/t25-,29-/m1/s1. The molecule has 5 rings (SSSR count). The van der Waals surface area contributed by atoms with Gasteiger partial charge in [-0.1, -0.05) is 42.5 Å². The van der Waals surface area contributed by atoms with Crippen molar-refractivity contribution in [2.75, 3.05) is 51.8 Å². The Balaban J connectivity index is 1.37. The molecule has 0 radical (unpaired) electrons. The van der Waals surface area contributed by atoms with E-state index in [1.807, 2.05) is 30.3 Å². The van der Waals surface area contributed by atoms with E-state index in [9.17, 15) is 14.4 Å². The van der Waals surface area contributed by atoms with Crippen LogP contribution in [-0.2, 0) is 4.74 Å². The number of alkyl carbamates (subject to hydrolysis) is 1. The predicted octanol–water partition coefficient (Wildman–Crippen LogP) is 6.23. The lowest BCUT2D eigenvalue weighted by Crippen LogP contribution is -2.47. The SMILES string of the molecule is COc1ccc([C@@H](CCCNC(=O)OC(C)(C)C)N2C(=O)c3cccc(N4CCN([C@H](C)c5ccccc5)CC4)c3C2=O)cc1OC. The van der Waals surface area contributed by atoms with Gasteiger partial charge in [0, 0.05) is 38.8 Å². The van der Waals surface area contributed by atoms with E-state index >= 15 is 0 Å². The minimum Gasteiger partial charge on any atom is -0.493 e. The molecule has 10 heteroatoms. The molecule has 0 bridgehead atoms. The van der Waals surface area contributed by atoms with Crippen LogP contribution in [0, 0.1) is 0 Å². The zero-order valence-electron chi connectivity index (χ0n) is 28.2. The minimum absolute atomic E-state index is 0.283. The van der Waals surface area contributed by atoms with Crippen molar-refractivity contribution in [3.8, 4) is 11.5 Å². The number of imide groups is 1. The highest BCUT2D eigenvalue weighted by atomic mass is 16.6. The van der Waals surface area contributed by atoms with Crippen LogP contribution < -0.4 is 19.7 Å². The highest BCUT2D eigenvalue weighted by Crippen LogP contribution is 2.40. The Morgan fingerprint density at radius 3 is 2.21 bits per heavy atom. The first-order chi connectivity index (χ1) is 22.5. The second-order valence-electron chi connectivity index (χ2n) is 13.0. The topological polar surface area (TPSA) is 101 Å². The molecular weight excluding hydrogens is 596 g/mol. The first kappa shape index (κ1) is 33.8. The Bertz CT molecular complexity index is 1580. The average molecular weight is 643 g/mol. The third-order valence-electron chi connectivity index (χ3n) is 8.84. The van der Waals surface area contributed by atoms with E-state index in [-0.39, 0.29) is 17.9 Å². The van der Waals surface area contributed by atoms with Crippen LogP contribution in [0.5, 0.6) is 11.5 Å². The van der Waals surface area contributed by atoms with Gasteiger partial charge in [-0.3, -0.25) is 19.4 Å². The number of methoxy groups -OCH3 is 2. The van der Waals surface area contributed by atoms with Gasteiger partial charge in [0.15, 0.2) is 11.5 Å². The van der Waals surface area contributed by atoms with Crippen molar-refractivity contribution in [3.63, 3.8) is 0 Å². The van der Waals surface area contributed by atoms with Crippen LogP contribution in [0.25, 0.3) is 0 Å². The zero-order chi connectivity index (χ0) is 33.7. The molecule has 2 aliphatic rings. The number of fused-ring (bicyclic) bond motifs is 1. The van der Waals surface area contributed by atoms with Gasteiger partial charge >= 0.3 is 6.09 Å². The molecule has 250 valence electrons. The Hall–Kier alpha value is -4.57. The number of ether oxygens (including phenoxy) is 3. The third kappa shape index (κ3) is 7.54. The number of benzene rings is 3. The summed E-state index contributed by atoms with van der Waals surface area (Å²) in [5.74, 6) is 0.400. The molecule has 0 saturated carbocycles. The molecule has 1 fully saturated rings. The van der Waals surface area contributed by atoms with Crippen molar-refractivity contribution in [3.05, 3.63) is 89.0 Å². The molecule has 0 spiro atoms. The molecule has 2 heterocycles. The maximum Gasteiger partial charge on any atom is 0.407 e. The van der Waals surface area contributed by atoms with Crippen LogP contribution >= 0.6 is 0 Å². The van der Waals surface area contributed by atoms with E-state index < -0.39 is 17.7 Å². The van der Waals surface area contributed by atoms with Crippen LogP contribution in [0.2, 0.25) is 0 Å². The van der Waals surface area contributed by atoms with E-state index in [2.05, 4.69) is 46.3 Å². The fourth-order valence-electron chi connectivity index (χ4n) is 6.43. The van der Waals surface area contributed by atoms with E-state index in [1.165, 1.54) is 10.5 Å². The van der Waals surface area contributed by atoms with Crippen molar-refractivity contribution < 1.29 is 28.6 Å².